The first-order valence-corrected chi connectivity index (χ1v) is 9.93. The minimum atomic E-state index is -0.423. The minimum Gasteiger partial charge on any atom is -0.381 e. The summed E-state index contributed by atoms with van der Waals surface area (Å²) in [5, 5.41) is 0. The maximum absolute atomic E-state index is 13.6. The summed E-state index contributed by atoms with van der Waals surface area (Å²) in [6, 6.07) is 8.27. The number of piperidine rings is 1. The molecule has 6 heteroatoms. The SMILES string of the molecule is CN(C)C(=O)CN1CCC2(CC1)C(=O)N(CC1CCOC1)c1ccccc12. The van der Waals surface area contributed by atoms with Gasteiger partial charge in [0, 0.05) is 51.9 Å². The number of fused-ring (bicyclic) bond motifs is 2. The molecule has 2 amide bonds. The Hall–Kier alpha value is -1.92. The average molecular weight is 371 g/mol. The monoisotopic (exact) mass is 371 g/mol. The van der Waals surface area contributed by atoms with E-state index in [4.69, 9.17) is 4.74 Å². The van der Waals surface area contributed by atoms with E-state index in [1.54, 1.807) is 19.0 Å². The molecule has 2 fully saturated rings. The van der Waals surface area contributed by atoms with E-state index in [0.29, 0.717) is 12.5 Å². The number of nitrogens with zero attached hydrogens (tertiary/aromatic N) is 3. The van der Waals surface area contributed by atoms with E-state index in [2.05, 4.69) is 17.0 Å². The molecule has 3 aliphatic heterocycles. The molecule has 0 saturated carbocycles. The van der Waals surface area contributed by atoms with Crippen LogP contribution in [-0.4, -0.2) is 75.1 Å². The Morgan fingerprint density at radius 2 is 2.00 bits per heavy atom. The first-order valence-electron chi connectivity index (χ1n) is 9.93. The number of hydrogen-bond acceptors (Lipinski definition) is 4. The molecular weight excluding hydrogens is 342 g/mol. The van der Waals surface area contributed by atoms with Crippen LogP contribution in [0, 0.1) is 5.92 Å². The van der Waals surface area contributed by atoms with Gasteiger partial charge in [-0.2, -0.15) is 0 Å². The van der Waals surface area contributed by atoms with Crippen LogP contribution < -0.4 is 4.90 Å². The van der Waals surface area contributed by atoms with Gasteiger partial charge in [0.1, 0.15) is 0 Å². The highest BCUT2D eigenvalue weighted by molar-refractivity contribution is 6.08. The Balaban J connectivity index is 1.53. The van der Waals surface area contributed by atoms with Crippen LogP contribution in [0.15, 0.2) is 24.3 Å². The van der Waals surface area contributed by atoms with Crippen LogP contribution in [0.5, 0.6) is 0 Å². The second-order valence-electron chi connectivity index (χ2n) is 8.31. The van der Waals surface area contributed by atoms with Gasteiger partial charge in [-0.3, -0.25) is 14.5 Å². The summed E-state index contributed by atoms with van der Waals surface area (Å²) in [6.07, 6.45) is 2.59. The predicted molar refractivity (Wildman–Crippen MR) is 104 cm³/mol. The van der Waals surface area contributed by atoms with Gasteiger partial charge in [-0.15, -0.1) is 0 Å². The number of carbonyl (C=O) groups excluding carboxylic acids is 2. The normalized spacial score (nSPS) is 24.4. The highest BCUT2D eigenvalue weighted by Gasteiger charge is 2.52. The third-order valence-electron chi connectivity index (χ3n) is 6.40. The van der Waals surface area contributed by atoms with Gasteiger partial charge in [0.2, 0.25) is 11.8 Å². The lowest BCUT2D eigenvalue weighted by Gasteiger charge is -2.38. The number of hydrogen-bond donors (Lipinski definition) is 0. The van der Waals surface area contributed by atoms with Crippen molar-refractivity contribution in [3.63, 3.8) is 0 Å². The molecule has 3 heterocycles. The summed E-state index contributed by atoms with van der Waals surface area (Å²) in [4.78, 5) is 31.4. The maximum Gasteiger partial charge on any atom is 0.237 e. The van der Waals surface area contributed by atoms with Gasteiger partial charge >= 0.3 is 0 Å². The maximum atomic E-state index is 13.6. The number of anilines is 1. The van der Waals surface area contributed by atoms with Gasteiger partial charge in [-0.25, -0.2) is 0 Å². The van der Waals surface area contributed by atoms with Crippen molar-refractivity contribution in [1.82, 2.24) is 9.80 Å². The fourth-order valence-electron chi connectivity index (χ4n) is 4.67. The van der Waals surface area contributed by atoms with Crippen molar-refractivity contribution in [2.75, 3.05) is 58.4 Å². The zero-order valence-corrected chi connectivity index (χ0v) is 16.3. The van der Waals surface area contributed by atoms with Gasteiger partial charge < -0.3 is 14.5 Å². The van der Waals surface area contributed by atoms with Gasteiger partial charge in [-0.05, 0) is 30.9 Å². The van der Waals surface area contributed by atoms with Gasteiger partial charge in [0.05, 0.1) is 18.6 Å². The largest absolute Gasteiger partial charge is 0.381 e. The molecule has 1 aromatic rings. The van der Waals surface area contributed by atoms with E-state index in [-0.39, 0.29) is 11.8 Å². The smallest absolute Gasteiger partial charge is 0.237 e. The van der Waals surface area contributed by atoms with E-state index in [1.807, 2.05) is 17.0 Å². The first kappa shape index (κ1) is 18.4. The average Bonchev–Trinajstić information content (AvgIpc) is 3.26. The number of likely N-dealkylation sites (N-methyl/N-ethyl adjacent to an activating group) is 1. The van der Waals surface area contributed by atoms with Crippen LogP contribution in [0.25, 0.3) is 0 Å². The van der Waals surface area contributed by atoms with E-state index in [1.165, 1.54) is 5.56 Å². The van der Waals surface area contributed by atoms with Crippen LogP contribution in [0.3, 0.4) is 0 Å². The highest BCUT2D eigenvalue weighted by atomic mass is 16.5. The summed E-state index contributed by atoms with van der Waals surface area (Å²) >= 11 is 0. The zero-order chi connectivity index (χ0) is 19.0. The molecule has 1 spiro atoms. The van der Waals surface area contributed by atoms with E-state index in [9.17, 15) is 9.59 Å². The molecule has 4 rings (SSSR count). The third-order valence-corrected chi connectivity index (χ3v) is 6.40. The van der Waals surface area contributed by atoms with Crippen LogP contribution in [0.2, 0.25) is 0 Å². The van der Waals surface area contributed by atoms with E-state index >= 15 is 0 Å². The molecule has 0 bridgehead atoms. The minimum absolute atomic E-state index is 0.118. The second kappa shape index (κ2) is 7.24. The molecule has 2 saturated heterocycles. The van der Waals surface area contributed by atoms with Crippen molar-refractivity contribution in [3.8, 4) is 0 Å². The number of likely N-dealkylation sites (tertiary alicyclic amines) is 1. The summed E-state index contributed by atoms with van der Waals surface area (Å²) in [7, 11) is 3.57. The molecule has 0 radical (unpaired) electrons. The number of benzene rings is 1. The molecule has 27 heavy (non-hydrogen) atoms. The molecule has 146 valence electrons. The molecule has 0 aromatic heterocycles. The van der Waals surface area contributed by atoms with Crippen molar-refractivity contribution in [1.29, 1.82) is 0 Å². The van der Waals surface area contributed by atoms with Crippen LogP contribution in [-0.2, 0) is 19.7 Å². The Kier molecular flexibility index (Phi) is 4.95. The number of amides is 2. The van der Waals surface area contributed by atoms with Gasteiger partial charge in [0.25, 0.3) is 0 Å². The van der Waals surface area contributed by atoms with Crippen LogP contribution in [0.1, 0.15) is 24.8 Å². The molecule has 0 N–H and O–H groups in total. The van der Waals surface area contributed by atoms with Crippen molar-refractivity contribution in [3.05, 3.63) is 29.8 Å². The summed E-state index contributed by atoms with van der Waals surface area (Å²) in [5.74, 6) is 0.788. The van der Waals surface area contributed by atoms with Crippen molar-refractivity contribution in [2.24, 2.45) is 5.92 Å². The Bertz CT molecular complexity index is 719. The second-order valence-corrected chi connectivity index (χ2v) is 8.31. The molecule has 1 atom stereocenters. The van der Waals surface area contributed by atoms with E-state index < -0.39 is 5.41 Å². The molecule has 0 aliphatic carbocycles. The standard InChI is InChI=1S/C21H29N3O3/c1-22(2)19(25)14-23-10-8-21(9-11-23)17-5-3-4-6-18(17)24(20(21)26)13-16-7-12-27-15-16/h3-6,16H,7-15H2,1-2H3. The summed E-state index contributed by atoms with van der Waals surface area (Å²) < 4.78 is 5.52. The Morgan fingerprint density at radius 3 is 2.67 bits per heavy atom. The van der Waals surface area contributed by atoms with E-state index in [0.717, 1.165) is 57.8 Å². The van der Waals surface area contributed by atoms with Crippen LogP contribution in [0.4, 0.5) is 5.69 Å². The number of para-hydroxylation sites is 1. The first-order chi connectivity index (χ1) is 13.0. The number of rotatable bonds is 4. The number of ether oxygens (including phenoxy) is 1. The zero-order valence-electron chi connectivity index (χ0n) is 16.3. The Labute approximate surface area is 161 Å². The van der Waals surface area contributed by atoms with Crippen molar-refractivity contribution < 1.29 is 14.3 Å². The summed E-state index contributed by atoms with van der Waals surface area (Å²) in [6.45, 7) is 4.29. The third kappa shape index (κ3) is 3.25. The molecular formula is C21H29N3O3. The lowest BCUT2D eigenvalue weighted by Crippen LogP contribution is -2.51. The molecule has 1 unspecified atom stereocenters. The van der Waals surface area contributed by atoms with Crippen LogP contribution >= 0.6 is 0 Å². The van der Waals surface area contributed by atoms with Gasteiger partial charge in [-0.1, -0.05) is 18.2 Å². The molecule has 1 aromatic carbocycles. The van der Waals surface area contributed by atoms with Crippen molar-refractivity contribution in [2.45, 2.75) is 24.7 Å². The molecule has 6 nitrogen and oxygen atoms in total. The highest BCUT2D eigenvalue weighted by Crippen LogP contribution is 2.48. The lowest BCUT2D eigenvalue weighted by molar-refractivity contribution is -0.130. The predicted octanol–water partition coefficient (Wildman–Crippen LogP) is 1.49. The quantitative estimate of drug-likeness (QED) is 0.805. The Morgan fingerprint density at radius 1 is 1.26 bits per heavy atom. The topological polar surface area (TPSA) is 53.1 Å². The molecule has 3 aliphatic rings. The fourth-order valence-corrected chi connectivity index (χ4v) is 4.67. The van der Waals surface area contributed by atoms with Gasteiger partial charge in [0.15, 0.2) is 0 Å². The number of carbonyl (C=O) groups is 2. The lowest BCUT2D eigenvalue weighted by atomic mass is 9.73. The van der Waals surface area contributed by atoms with Crippen molar-refractivity contribution >= 4 is 17.5 Å². The fraction of sp³-hybridized carbons (Fsp3) is 0.619. The summed E-state index contributed by atoms with van der Waals surface area (Å²) in [5.41, 5.74) is 1.83.